The quantitative estimate of drug-likeness (QED) is 0.349. The minimum Gasteiger partial charge on any atom is -0.478 e. The molecule has 1 aromatic carbocycles. The van der Waals surface area contributed by atoms with E-state index in [-0.39, 0.29) is 5.56 Å². The monoisotopic (exact) mass is 418 g/mol. The number of carboxylic acids is 1. The summed E-state index contributed by atoms with van der Waals surface area (Å²) in [5, 5.41) is 19.9. The Balaban J connectivity index is 0.000000308. The zero-order valence-corrected chi connectivity index (χ0v) is 19.3. The molecule has 6 nitrogen and oxygen atoms in total. The SMILES string of the molecule is CCCCCCCCNCCCCCCCC.Cn1nnc2c(C(=O)O)cccc21. The van der Waals surface area contributed by atoms with Gasteiger partial charge < -0.3 is 10.4 Å². The largest absolute Gasteiger partial charge is 0.478 e. The number of hydrogen-bond acceptors (Lipinski definition) is 4. The van der Waals surface area contributed by atoms with Crippen LogP contribution in [0.1, 0.15) is 101 Å². The number of unbranched alkanes of at least 4 members (excludes halogenated alkanes) is 10. The van der Waals surface area contributed by atoms with Crippen LogP contribution >= 0.6 is 0 Å². The maximum Gasteiger partial charge on any atom is 0.338 e. The summed E-state index contributed by atoms with van der Waals surface area (Å²) in [6.45, 7) is 7.03. The van der Waals surface area contributed by atoms with E-state index in [1.807, 2.05) is 0 Å². The molecule has 2 aromatic rings. The van der Waals surface area contributed by atoms with Gasteiger partial charge in [-0.15, -0.1) is 5.10 Å². The lowest BCUT2D eigenvalue weighted by atomic mass is 10.1. The third-order valence-electron chi connectivity index (χ3n) is 5.29. The van der Waals surface area contributed by atoms with Gasteiger partial charge in [0.15, 0.2) is 0 Å². The number of rotatable bonds is 15. The van der Waals surface area contributed by atoms with Crippen LogP contribution in [0.5, 0.6) is 0 Å². The summed E-state index contributed by atoms with van der Waals surface area (Å²) < 4.78 is 1.54. The van der Waals surface area contributed by atoms with E-state index in [1.54, 1.807) is 23.9 Å². The molecule has 170 valence electrons. The van der Waals surface area contributed by atoms with Gasteiger partial charge in [0.05, 0.1) is 11.1 Å². The number of fused-ring (bicyclic) bond motifs is 1. The fourth-order valence-electron chi connectivity index (χ4n) is 3.42. The second-order valence-corrected chi connectivity index (χ2v) is 7.98. The Morgan fingerprint density at radius 1 is 0.900 bits per heavy atom. The minimum atomic E-state index is -0.980. The molecule has 0 aliphatic carbocycles. The van der Waals surface area contributed by atoms with Crippen LogP contribution < -0.4 is 5.32 Å². The van der Waals surface area contributed by atoms with Gasteiger partial charge in [-0.3, -0.25) is 0 Å². The Bertz CT molecular complexity index is 686. The van der Waals surface area contributed by atoms with Gasteiger partial charge in [0.2, 0.25) is 0 Å². The summed E-state index contributed by atoms with van der Waals surface area (Å²) >= 11 is 0. The van der Waals surface area contributed by atoms with E-state index in [0.29, 0.717) is 5.52 Å². The first-order valence-electron chi connectivity index (χ1n) is 11.8. The van der Waals surface area contributed by atoms with Crippen LogP contribution in [0.4, 0.5) is 0 Å². The third-order valence-corrected chi connectivity index (χ3v) is 5.29. The van der Waals surface area contributed by atoms with Gasteiger partial charge in [0.25, 0.3) is 0 Å². The van der Waals surface area contributed by atoms with E-state index in [4.69, 9.17) is 5.11 Å². The van der Waals surface area contributed by atoms with Crippen molar-refractivity contribution in [3.63, 3.8) is 0 Å². The van der Waals surface area contributed by atoms with Crippen LogP contribution in [0.15, 0.2) is 18.2 Å². The van der Waals surface area contributed by atoms with Crippen LogP contribution in [-0.2, 0) is 7.05 Å². The van der Waals surface area contributed by atoms with Gasteiger partial charge in [-0.25, -0.2) is 9.48 Å². The van der Waals surface area contributed by atoms with E-state index in [1.165, 1.54) is 96.2 Å². The standard InChI is InChI=1S/C16H35N.C8H7N3O2/c1-3-5-7-9-11-13-15-17-16-14-12-10-8-6-4-2;1-11-6-4-2-3-5(8(12)13)7(6)9-10-11/h17H,3-16H2,1-2H3;2-4H,1H3,(H,12,13). The van der Waals surface area contributed by atoms with Crippen molar-refractivity contribution in [2.24, 2.45) is 7.05 Å². The lowest BCUT2D eigenvalue weighted by Crippen LogP contribution is -2.16. The molecule has 6 heteroatoms. The van der Waals surface area contributed by atoms with Crippen molar-refractivity contribution >= 4 is 17.0 Å². The highest BCUT2D eigenvalue weighted by Crippen LogP contribution is 2.14. The van der Waals surface area contributed by atoms with Gasteiger partial charge >= 0.3 is 5.97 Å². The van der Waals surface area contributed by atoms with E-state index in [0.717, 1.165) is 5.52 Å². The molecule has 0 saturated heterocycles. The number of carbonyl (C=O) groups is 1. The Morgan fingerprint density at radius 2 is 1.43 bits per heavy atom. The smallest absolute Gasteiger partial charge is 0.338 e. The molecule has 0 aliphatic rings. The lowest BCUT2D eigenvalue weighted by Gasteiger charge is -2.04. The first-order chi connectivity index (χ1) is 14.6. The molecule has 0 amide bonds. The summed E-state index contributed by atoms with van der Waals surface area (Å²) in [6, 6.07) is 4.97. The van der Waals surface area contributed by atoms with Crippen LogP contribution in [-0.4, -0.2) is 39.2 Å². The maximum absolute atomic E-state index is 10.7. The molecule has 2 N–H and O–H groups in total. The number of aromatic nitrogens is 3. The van der Waals surface area contributed by atoms with Gasteiger partial charge in [-0.05, 0) is 38.1 Å². The van der Waals surface area contributed by atoms with E-state index in [2.05, 4.69) is 29.5 Å². The highest BCUT2D eigenvalue weighted by molar-refractivity contribution is 6.00. The highest BCUT2D eigenvalue weighted by Gasteiger charge is 2.11. The molecule has 0 atom stereocenters. The highest BCUT2D eigenvalue weighted by atomic mass is 16.4. The molecule has 0 radical (unpaired) electrons. The molecular weight excluding hydrogens is 376 g/mol. The molecule has 1 heterocycles. The van der Waals surface area contributed by atoms with Gasteiger partial charge in [0.1, 0.15) is 5.52 Å². The number of carboxylic acid groups (broad SMARTS) is 1. The van der Waals surface area contributed by atoms with Crippen LogP contribution in [0.2, 0.25) is 0 Å². The predicted octanol–water partition coefficient (Wildman–Crippen LogP) is 5.96. The van der Waals surface area contributed by atoms with E-state index < -0.39 is 5.97 Å². The topological polar surface area (TPSA) is 80.0 Å². The molecule has 30 heavy (non-hydrogen) atoms. The van der Waals surface area contributed by atoms with Crippen LogP contribution in [0.25, 0.3) is 11.0 Å². The first kappa shape index (κ1) is 26.1. The minimum absolute atomic E-state index is 0.186. The second kappa shape index (κ2) is 16.8. The molecule has 0 unspecified atom stereocenters. The fraction of sp³-hybridized carbons (Fsp3) is 0.708. The predicted molar refractivity (Wildman–Crippen MR) is 125 cm³/mol. The molecule has 1 aromatic heterocycles. The van der Waals surface area contributed by atoms with Crippen molar-refractivity contribution in [1.82, 2.24) is 20.3 Å². The molecule has 0 fully saturated rings. The fourth-order valence-corrected chi connectivity index (χ4v) is 3.42. The Labute approximate surface area is 182 Å². The zero-order chi connectivity index (χ0) is 22.0. The molecule has 0 saturated carbocycles. The van der Waals surface area contributed by atoms with E-state index >= 15 is 0 Å². The number of hydrogen-bond donors (Lipinski definition) is 2. The Kier molecular flexibility index (Phi) is 14.6. The zero-order valence-electron chi connectivity index (χ0n) is 19.3. The van der Waals surface area contributed by atoms with Gasteiger partial charge in [0, 0.05) is 7.05 Å². The Morgan fingerprint density at radius 3 is 1.97 bits per heavy atom. The number of aryl methyl sites for hydroxylation is 1. The summed E-state index contributed by atoms with van der Waals surface area (Å²) in [7, 11) is 1.72. The summed E-state index contributed by atoms with van der Waals surface area (Å²) in [5.74, 6) is -0.980. The molecule has 2 rings (SSSR count). The van der Waals surface area contributed by atoms with Crippen molar-refractivity contribution < 1.29 is 9.90 Å². The summed E-state index contributed by atoms with van der Waals surface area (Å²) in [4.78, 5) is 10.7. The van der Waals surface area contributed by atoms with E-state index in [9.17, 15) is 4.79 Å². The molecule has 0 aliphatic heterocycles. The number of nitrogens with zero attached hydrogens (tertiary/aromatic N) is 3. The average molecular weight is 419 g/mol. The van der Waals surface area contributed by atoms with Gasteiger partial charge in [-0.1, -0.05) is 89.3 Å². The summed E-state index contributed by atoms with van der Waals surface area (Å²) in [5.41, 5.74) is 1.34. The van der Waals surface area contributed by atoms with Crippen molar-refractivity contribution in [2.75, 3.05) is 13.1 Å². The molecular formula is C24H42N4O2. The van der Waals surface area contributed by atoms with Crippen molar-refractivity contribution in [2.45, 2.75) is 90.9 Å². The maximum atomic E-state index is 10.7. The average Bonchev–Trinajstić information content (AvgIpc) is 3.13. The van der Waals surface area contributed by atoms with Crippen molar-refractivity contribution in [3.8, 4) is 0 Å². The summed E-state index contributed by atoms with van der Waals surface area (Å²) in [6.07, 6.45) is 16.9. The molecule has 0 bridgehead atoms. The molecule has 0 spiro atoms. The van der Waals surface area contributed by atoms with Crippen LogP contribution in [0, 0.1) is 0 Å². The van der Waals surface area contributed by atoms with Crippen LogP contribution in [0.3, 0.4) is 0 Å². The van der Waals surface area contributed by atoms with Gasteiger partial charge in [-0.2, -0.15) is 0 Å². The first-order valence-corrected chi connectivity index (χ1v) is 11.8. The van der Waals surface area contributed by atoms with Crippen molar-refractivity contribution in [1.29, 1.82) is 0 Å². The number of nitrogens with one attached hydrogen (secondary N) is 1. The third kappa shape index (κ3) is 10.7. The number of aromatic carboxylic acids is 1. The Hall–Kier alpha value is -1.95. The lowest BCUT2D eigenvalue weighted by molar-refractivity contribution is 0.0699. The number of benzene rings is 1. The second-order valence-electron chi connectivity index (χ2n) is 7.98. The van der Waals surface area contributed by atoms with Crippen molar-refractivity contribution in [3.05, 3.63) is 23.8 Å². The normalized spacial score (nSPS) is 10.8.